The largest absolute Gasteiger partial charge is 0.454 e. The number of aryl methyl sites for hydroxylation is 1. The summed E-state index contributed by atoms with van der Waals surface area (Å²) in [7, 11) is 0. The van der Waals surface area contributed by atoms with Crippen LogP contribution in [-0.2, 0) is 17.7 Å². The van der Waals surface area contributed by atoms with Gasteiger partial charge in [-0.2, -0.15) is 0 Å². The van der Waals surface area contributed by atoms with Crippen LogP contribution in [0.25, 0.3) is 0 Å². The van der Waals surface area contributed by atoms with Crippen molar-refractivity contribution in [1.29, 1.82) is 0 Å². The average molecular weight is 427 g/mol. The van der Waals surface area contributed by atoms with E-state index in [2.05, 4.69) is 36.4 Å². The molecule has 31 heavy (non-hydrogen) atoms. The van der Waals surface area contributed by atoms with Crippen molar-refractivity contribution < 1.29 is 29.1 Å². The average Bonchev–Trinajstić information content (AvgIpc) is 3.27. The van der Waals surface area contributed by atoms with Crippen molar-refractivity contribution in [3.05, 3.63) is 59.2 Å². The van der Waals surface area contributed by atoms with Crippen LogP contribution in [0.15, 0.2) is 42.5 Å². The van der Waals surface area contributed by atoms with Crippen molar-refractivity contribution >= 4 is 0 Å². The van der Waals surface area contributed by atoms with E-state index in [4.69, 9.17) is 14.2 Å². The van der Waals surface area contributed by atoms with E-state index in [0.717, 1.165) is 70.0 Å². The van der Waals surface area contributed by atoms with Crippen LogP contribution in [0.4, 0.5) is 0 Å². The normalized spacial score (nSPS) is 25.8. The van der Waals surface area contributed by atoms with Gasteiger partial charge in [0.25, 0.3) is 0 Å². The van der Waals surface area contributed by atoms with Crippen LogP contribution in [0.2, 0.25) is 0 Å². The quantitative estimate of drug-likeness (QED) is 0.590. The van der Waals surface area contributed by atoms with E-state index in [1.165, 1.54) is 21.6 Å². The minimum atomic E-state index is -0.403. The van der Waals surface area contributed by atoms with Crippen LogP contribution in [-0.4, -0.2) is 57.3 Å². The van der Waals surface area contributed by atoms with E-state index in [1.54, 1.807) is 4.90 Å². The van der Waals surface area contributed by atoms with E-state index in [1.807, 2.05) is 6.07 Å². The second-order valence-corrected chi connectivity index (χ2v) is 9.14. The summed E-state index contributed by atoms with van der Waals surface area (Å²) >= 11 is 0. The summed E-state index contributed by atoms with van der Waals surface area (Å²) < 4.78 is 17.1. The number of ether oxygens (including phenoxy) is 3. The van der Waals surface area contributed by atoms with Gasteiger partial charge in [-0.25, -0.2) is 0 Å². The zero-order chi connectivity index (χ0) is 21.0. The van der Waals surface area contributed by atoms with Crippen molar-refractivity contribution in [1.82, 2.24) is 0 Å². The third-order valence-electron chi connectivity index (χ3n) is 6.88. The number of benzene rings is 2. The van der Waals surface area contributed by atoms with E-state index in [9.17, 15) is 5.11 Å². The molecule has 6 nitrogen and oxygen atoms in total. The predicted molar refractivity (Wildman–Crippen MR) is 117 cm³/mol. The fourth-order valence-electron chi connectivity index (χ4n) is 5.18. The van der Waals surface area contributed by atoms with Crippen molar-refractivity contribution in [3.8, 4) is 11.5 Å². The van der Waals surface area contributed by atoms with Crippen molar-refractivity contribution in [2.45, 2.75) is 38.0 Å². The van der Waals surface area contributed by atoms with Gasteiger partial charge in [0, 0.05) is 5.56 Å². The number of piperazine rings is 1. The Labute approximate surface area is 184 Å². The Kier molecular flexibility index (Phi) is 6.41. The number of quaternary nitrogens is 2. The Balaban J connectivity index is 1.05. The first-order valence-electron chi connectivity index (χ1n) is 11.7. The van der Waals surface area contributed by atoms with Gasteiger partial charge in [0.2, 0.25) is 6.79 Å². The number of hydrogen-bond acceptors (Lipinski definition) is 4. The summed E-state index contributed by atoms with van der Waals surface area (Å²) in [5.41, 5.74) is 4.01. The molecule has 0 radical (unpaired) electrons. The van der Waals surface area contributed by atoms with Gasteiger partial charge in [0.15, 0.2) is 11.5 Å². The maximum absolute atomic E-state index is 10.6. The maximum Gasteiger partial charge on any atom is 0.231 e. The lowest BCUT2D eigenvalue weighted by molar-refractivity contribution is -1.02. The Morgan fingerprint density at radius 1 is 1.00 bits per heavy atom. The van der Waals surface area contributed by atoms with Gasteiger partial charge in [-0.1, -0.05) is 24.3 Å². The first-order chi connectivity index (χ1) is 15.2. The second kappa shape index (κ2) is 9.57. The Bertz CT molecular complexity index is 882. The van der Waals surface area contributed by atoms with E-state index in [-0.39, 0.29) is 6.10 Å². The molecule has 5 rings (SSSR count). The fourth-order valence-corrected chi connectivity index (χ4v) is 5.18. The lowest BCUT2D eigenvalue weighted by Crippen LogP contribution is -3.28. The number of fused-ring (bicyclic) bond motifs is 2. The van der Waals surface area contributed by atoms with Gasteiger partial charge in [0.1, 0.15) is 45.4 Å². The maximum atomic E-state index is 10.6. The smallest absolute Gasteiger partial charge is 0.231 e. The molecule has 1 saturated heterocycles. The predicted octanol–water partition coefficient (Wildman–Crippen LogP) is 0.154. The molecule has 2 atom stereocenters. The molecule has 3 aliphatic rings. The lowest BCUT2D eigenvalue weighted by Gasteiger charge is -2.31. The van der Waals surface area contributed by atoms with Crippen molar-refractivity contribution in [2.75, 3.05) is 46.1 Å². The van der Waals surface area contributed by atoms with Crippen molar-refractivity contribution in [2.24, 2.45) is 0 Å². The zero-order valence-corrected chi connectivity index (χ0v) is 18.1. The highest BCUT2D eigenvalue weighted by molar-refractivity contribution is 5.44. The number of nitrogens with one attached hydrogen (secondary N) is 2. The molecule has 1 aliphatic carbocycles. The highest BCUT2D eigenvalue weighted by Gasteiger charge is 2.27. The highest BCUT2D eigenvalue weighted by atomic mass is 16.7. The van der Waals surface area contributed by atoms with Crippen LogP contribution in [0, 0.1) is 0 Å². The third kappa shape index (κ3) is 5.04. The van der Waals surface area contributed by atoms with E-state index >= 15 is 0 Å². The molecule has 1 fully saturated rings. The zero-order valence-electron chi connectivity index (χ0n) is 18.1. The molecule has 0 saturated carbocycles. The standard InChI is InChI=1S/C25H32N2O4/c28-21(17-29-23-7-3-5-20-4-1-2-6-22(20)23)16-27-12-10-26(11-13-27)15-19-8-9-24-25(14-19)31-18-30-24/h1-2,4,6,8-9,14,21,23,28H,3,5,7,10-13,15-18H2/p+2/t21-,23-/m1/s1. The van der Waals surface area contributed by atoms with E-state index < -0.39 is 6.10 Å². The molecule has 2 aromatic carbocycles. The molecule has 2 aromatic rings. The molecule has 0 bridgehead atoms. The molecule has 2 aliphatic heterocycles. The van der Waals surface area contributed by atoms with Crippen LogP contribution < -0.4 is 19.3 Å². The van der Waals surface area contributed by atoms with Crippen LogP contribution in [0.1, 0.15) is 35.6 Å². The molecule has 0 amide bonds. The van der Waals surface area contributed by atoms with Crippen LogP contribution in [0.5, 0.6) is 11.5 Å². The number of rotatable bonds is 7. The first-order valence-corrected chi connectivity index (χ1v) is 11.7. The van der Waals surface area contributed by atoms with E-state index in [0.29, 0.717) is 13.4 Å². The summed E-state index contributed by atoms with van der Waals surface area (Å²) in [6, 6.07) is 14.8. The summed E-state index contributed by atoms with van der Waals surface area (Å²) in [5.74, 6) is 1.71. The molecular formula is C25H34N2O4+2. The molecule has 2 heterocycles. The third-order valence-corrected chi connectivity index (χ3v) is 6.88. The molecule has 0 spiro atoms. The summed E-state index contributed by atoms with van der Waals surface area (Å²) in [6.45, 7) is 6.94. The Morgan fingerprint density at radius 2 is 1.81 bits per heavy atom. The molecular weight excluding hydrogens is 392 g/mol. The molecule has 6 heteroatoms. The van der Waals surface area contributed by atoms with Gasteiger partial charge >= 0.3 is 0 Å². The minimum Gasteiger partial charge on any atom is -0.454 e. The Hall–Kier alpha value is -2.12. The Morgan fingerprint density at radius 3 is 2.71 bits per heavy atom. The summed E-state index contributed by atoms with van der Waals surface area (Å²) in [6.07, 6.45) is 3.09. The first kappa shape index (κ1) is 20.8. The molecule has 0 aromatic heterocycles. The van der Waals surface area contributed by atoms with Gasteiger partial charge in [-0.3, -0.25) is 0 Å². The fraction of sp³-hybridized carbons (Fsp3) is 0.520. The second-order valence-electron chi connectivity index (χ2n) is 9.14. The topological polar surface area (TPSA) is 56.8 Å². The highest BCUT2D eigenvalue weighted by Crippen LogP contribution is 2.33. The minimum absolute atomic E-state index is 0.137. The van der Waals surface area contributed by atoms with Gasteiger partial charge < -0.3 is 29.1 Å². The van der Waals surface area contributed by atoms with Crippen LogP contribution in [0.3, 0.4) is 0 Å². The molecule has 3 N–H and O–H groups in total. The van der Waals surface area contributed by atoms with Gasteiger partial charge in [-0.15, -0.1) is 0 Å². The monoisotopic (exact) mass is 426 g/mol. The van der Waals surface area contributed by atoms with Gasteiger partial charge in [-0.05, 0) is 48.6 Å². The van der Waals surface area contributed by atoms with Crippen LogP contribution >= 0.6 is 0 Å². The SMILES string of the molecule is O[C@@H](CO[C@@H]1CCCc2ccccc21)C[NH+]1CC[NH+](Cc2ccc3c(c2)OCO3)CC1. The lowest BCUT2D eigenvalue weighted by atomic mass is 9.89. The number of hydrogen-bond donors (Lipinski definition) is 3. The van der Waals surface area contributed by atoms with Crippen molar-refractivity contribution in [3.63, 3.8) is 0 Å². The molecule has 166 valence electrons. The number of aliphatic hydroxyl groups is 1. The summed E-state index contributed by atoms with van der Waals surface area (Å²) in [5, 5.41) is 10.6. The molecule has 0 unspecified atom stereocenters. The van der Waals surface area contributed by atoms with Gasteiger partial charge in [0.05, 0.1) is 12.7 Å². The number of aliphatic hydroxyl groups excluding tert-OH is 1. The summed E-state index contributed by atoms with van der Waals surface area (Å²) in [4.78, 5) is 3.07.